The molecule has 20 heavy (non-hydrogen) atoms. The monoisotopic (exact) mass is 269 g/mol. The molecule has 0 aliphatic heterocycles. The summed E-state index contributed by atoms with van der Waals surface area (Å²) >= 11 is 0. The van der Waals surface area contributed by atoms with Crippen molar-refractivity contribution in [3.63, 3.8) is 0 Å². The largest absolute Gasteiger partial charge is 0.395 e. The summed E-state index contributed by atoms with van der Waals surface area (Å²) < 4.78 is 0. The maximum absolute atomic E-state index is 12.4. The first-order valence-corrected chi connectivity index (χ1v) is 6.32. The molecule has 0 radical (unpaired) electrons. The number of aliphatic hydroxyl groups excluding tert-OH is 1. The molecule has 4 nitrogen and oxygen atoms in total. The molecule has 0 fully saturated rings. The minimum Gasteiger partial charge on any atom is -0.395 e. The first-order chi connectivity index (χ1) is 9.74. The number of carbonyl (C=O) groups is 2. The average molecular weight is 269 g/mol. The Labute approximate surface area is 117 Å². The van der Waals surface area contributed by atoms with Crippen LogP contribution in [0.4, 0.5) is 0 Å². The summed E-state index contributed by atoms with van der Waals surface area (Å²) in [6.45, 7) is 0.0211. The van der Waals surface area contributed by atoms with Gasteiger partial charge < -0.3 is 10.4 Å². The third kappa shape index (κ3) is 3.10. The fourth-order valence-corrected chi connectivity index (χ4v) is 1.89. The molecule has 0 saturated heterocycles. The third-order valence-electron chi connectivity index (χ3n) is 2.85. The van der Waals surface area contributed by atoms with Crippen LogP contribution in [-0.2, 0) is 0 Å². The fourth-order valence-electron chi connectivity index (χ4n) is 1.89. The van der Waals surface area contributed by atoms with E-state index in [0.29, 0.717) is 16.7 Å². The lowest BCUT2D eigenvalue weighted by atomic mass is 9.98. The van der Waals surface area contributed by atoms with E-state index in [4.69, 9.17) is 5.11 Å². The molecule has 2 N–H and O–H groups in total. The van der Waals surface area contributed by atoms with E-state index < -0.39 is 0 Å². The zero-order valence-corrected chi connectivity index (χ0v) is 10.9. The maximum atomic E-state index is 12.4. The molecular weight excluding hydrogens is 254 g/mol. The summed E-state index contributed by atoms with van der Waals surface area (Å²) in [5.74, 6) is -0.556. The van der Waals surface area contributed by atoms with Gasteiger partial charge in [0.2, 0.25) is 0 Å². The van der Waals surface area contributed by atoms with E-state index in [9.17, 15) is 9.59 Å². The highest BCUT2D eigenvalue weighted by molar-refractivity contribution is 6.15. The van der Waals surface area contributed by atoms with Crippen molar-refractivity contribution < 1.29 is 14.7 Å². The molecule has 0 spiro atoms. The van der Waals surface area contributed by atoms with Crippen molar-refractivity contribution in [3.05, 3.63) is 71.3 Å². The number of aliphatic hydroxyl groups is 1. The number of hydrogen-bond donors (Lipinski definition) is 2. The Hall–Kier alpha value is -2.46. The lowest BCUT2D eigenvalue weighted by molar-refractivity contribution is 0.0934. The van der Waals surface area contributed by atoms with Crippen LogP contribution >= 0.6 is 0 Å². The summed E-state index contributed by atoms with van der Waals surface area (Å²) in [6.07, 6.45) is 0. The zero-order chi connectivity index (χ0) is 14.4. The van der Waals surface area contributed by atoms with E-state index in [1.165, 1.54) is 0 Å². The van der Waals surface area contributed by atoms with Crippen LogP contribution in [0.1, 0.15) is 26.3 Å². The Morgan fingerprint density at radius 3 is 2.15 bits per heavy atom. The predicted octanol–water partition coefficient (Wildman–Crippen LogP) is 1.64. The smallest absolute Gasteiger partial charge is 0.252 e. The van der Waals surface area contributed by atoms with E-state index in [0.717, 1.165) is 0 Å². The van der Waals surface area contributed by atoms with Gasteiger partial charge in [0.15, 0.2) is 5.78 Å². The van der Waals surface area contributed by atoms with Gasteiger partial charge in [0.25, 0.3) is 5.91 Å². The molecule has 4 heteroatoms. The normalized spacial score (nSPS) is 10.1. The predicted molar refractivity (Wildman–Crippen MR) is 75.7 cm³/mol. The highest BCUT2D eigenvalue weighted by Crippen LogP contribution is 2.14. The van der Waals surface area contributed by atoms with E-state index in [2.05, 4.69) is 5.32 Å². The minimum absolute atomic E-state index is 0.138. The molecule has 2 aromatic rings. The standard InChI is InChI=1S/C16H15NO3/c18-11-10-17-16(20)14-9-5-4-8-13(14)15(19)12-6-2-1-3-7-12/h1-9,18H,10-11H2,(H,17,20). The topological polar surface area (TPSA) is 66.4 Å². The second-order valence-electron chi connectivity index (χ2n) is 4.22. The van der Waals surface area contributed by atoms with Gasteiger partial charge in [-0.3, -0.25) is 9.59 Å². The van der Waals surface area contributed by atoms with E-state index in [1.807, 2.05) is 6.07 Å². The van der Waals surface area contributed by atoms with Crippen molar-refractivity contribution in [2.24, 2.45) is 0 Å². The summed E-state index contributed by atoms with van der Waals surface area (Å²) in [5.41, 5.74) is 1.21. The van der Waals surface area contributed by atoms with Gasteiger partial charge in [-0.05, 0) is 6.07 Å². The molecule has 2 aromatic carbocycles. The molecule has 0 unspecified atom stereocenters. The van der Waals surface area contributed by atoms with Crippen molar-refractivity contribution in [1.82, 2.24) is 5.32 Å². The molecule has 0 saturated carbocycles. The van der Waals surface area contributed by atoms with Crippen molar-refractivity contribution in [2.75, 3.05) is 13.2 Å². The first kappa shape index (κ1) is 14.0. The lowest BCUT2D eigenvalue weighted by Gasteiger charge is -2.08. The van der Waals surface area contributed by atoms with Crippen LogP contribution < -0.4 is 5.32 Å². The summed E-state index contributed by atoms with van der Waals surface area (Å²) in [4.78, 5) is 24.4. The summed E-state index contributed by atoms with van der Waals surface area (Å²) in [5, 5.41) is 11.3. The first-order valence-electron chi connectivity index (χ1n) is 6.32. The van der Waals surface area contributed by atoms with Crippen LogP contribution in [0.15, 0.2) is 54.6 Å². The summed E-state index contributed by atoms with van der Waals surface area (Å²) in [6, 6.07) is 15.5. The highest BCUT2D eigenvalue weighted by Gasteiger charge is 2.17. The van der Waals surface area contributed by atoms with Gasteiger partial charge in [0.1, 0.15) is 0 Å². The van der Waals surface area contributed by atoms with Crippen molar-refractivity contribution >= 4 is 11.7 Å². The summed E-state index contributed by atoms with van der Waals surface area (Å²) in [7, 11) is 0. The molecular formula is C16H15NO3. The van der Waals surface area contributed by atoms with Crippen molar-refractivity contribution in [1.29, 1.82) is 0 Å². The number of ketones is 1. The fraction of sp³-hybridized carbons (Fsp3) is 0.125. The molecule has 0 aromatic heterocycles. The number of rotatable bonds is 5. The van der Waals surface area contributed by atoms with Gasteiger partial charge >= 0.3 is 0 Å². The molecule has 0 aliphatic carbocycles. The molecule has 0 aliphatic rings. The van der Waals surface area contributed by atoms with Gasteiger partial charge in [0, 0.05) is 17.7 Å². The Balaban J connectivity index is 2.33. The molecule has 0 heterocycles. The van der Waals surface area contributed by atoms with Crippen LogP contribution in [0.3, 0.4) is 0 Å². The van der Waals surface area contributed by atoms with E-state index in [-0.39, 0.29) is 24.8 Å². The Morgan fingerprint density at radius 2 is 1.50 bits per heavy atom. The van der Waals surface area contributed by atoms with E-state index in [1.54, 1.807) is 48.5 Å². The Kier molecular flexibility index (Phi) is 4.63. The number of amides is 1. The van der Waals surface area contributed by atoms with Crippen LogP contribution in [0.5, 0.6) is 0 Å². The van der Waals surface area contributed by atoms with E-state index >= 15 is 0 Å². The molecule has 1 amide bonds. The molecule has 102 valence electrons. The van der Waals surface area contributed by atoms with Crippen LogP contribution in [0.2, 0.25) is 0 Å². The van der Waals surface area contributed by atoms with Gasteiger partial charge in [-0.2, -0.15) is 0 Å². The number of nitrogens with one attached hydrogen (secondary N) is 1. The van der Waals surface area contributed by atoms with Crippen LogP contribution in [-0.4, -0.2) is 29.9 Å². The second kappa shape index (κ2) is 6.63. The van der Waals surface area contributed by atoms with Gasteiger partial charge in [-0.1, -0.05) is 48.5 Å². The third-order valence-corrected chi connectivity index (χ3v) is 2.85. The van der Waals surface area contributed by atoms with Gasteiger partial charge in [0.05, 0.1) is 12.2 Å². The molecule has 2 rings (SSSR count). The number of hydrogen-bond acceptors (Lipinski definition) is 3. The Morgan fingerprint density at radius 1 is 0.900 bits per heavy atom. The highest BCUT2D eigenvalue weighted by atomic mass is 16.3. The van der Waals surface area contributed by atoms with Crippen molar-refractivity contribution in [2.45, 2.75) is 0 Å². The SMILES string of the molecule is O=C(NCCO)c1ccccc1C(=O)c1ccccc1. The second-order valence-corrected chi connectivity index (χ2v) is 4.22. The zero-order valence-electron chi connectivity index (χ0n) is 10.9. The maximum Gasteiger partial charge on any atom is 0.252 e. The number of benzene rings is 2. The van der Waals surface area contributed by atoms with Crippen LogP contribution in [0, 0.1) is 0 Å². The van der Waals surface area contributed by atoms with Gasteiger partial charge in [-0.25, -0.2) is 0 Å². The molecule has 0 bridgehead atoms. The minimum atomic E-state index is -0.362. The Bertz CT molecular complexity index is 608. The quantitative estimate of drug-likeness (QED) is 0.811. The average Bonchev–Trinajstić information content (AvgIpc) is 2.52. The van der Waals surface area contributed by atoms with Gasteiger partial charge in [-0.15, -0.1) is 0 Å². The molecule has 0 atom stereocenters. The lowest BCUT2D eigenvalue weighted by Crippen LogP contribution is -2.28. The number of carbonyl (C=O) groups excluding carboxylic acids is 2. The van der Waals surface area contributed by atoms with Crippen LogP contribution in [0.25, 0.3) is 0 Å². The van der Waals surface area contributed by atoms with Crippen molar-refractivity contribution in [3.8, 4) is 0 Å².